The number of fused-ring (bicyclic) bond motifs is 1. The van der Waals surface area contributed by atoms with E-state index >= 15 is 0 Å². The summed E-state index contributed by atoms with van der Waals surface area (Å²) >= 11 is 11.6. The van der Waals surface area contributed by atoms with Crippen molar-refractivity contribution in [1.82, 2.24) is 9.55 Å². The number of esters is 1. The molecule has 154 valence electrons. The maximum atomic E-state index is 12.3. The third kappa shape index (κ3) is 5.83. The number of hydrogen-bond acceptors (Lipinski definition) is 5. The van der Waals surface area contributed by atoms with Crippen molar-refractivity contribution in [3.63, 3.8) is 0 Å². The van der Waals surface area contributed by atoms with Gasteiger partial charge in [-0.3, -0.25) is 9.59 Å². The van der Waals surface area contributed by atoms with Gasteiger partial charge in [0.15, 0.2) is 0 Å². The van der Waals surface area contributed by atoms with Crippen molar-refractivity contribution < 1.29 is 19.4 Å². The Balaban J connectivity index is 0.00000300. The lowest BCUT2D eigenvalue weighted by Gasteiger charge is -2.11. The Morgan fingerprint density at radius 3 is 2.52 bits per heavy atom. The van der Waals surface area contributed by atoms with Gasteiger partial charge >= 0.3 is 11.9 Å². The zero-order valence-corrected chi connectivity index (χ0v) is 17.4. The van der Waals surface area contributed by atoms with Crippen LogP contribution in [-0.2, 0) is 33.9 Å². The van der Waals surface area contributed by atoms with Crippen LogP contribution in [0.25, 0.3) is 10.9 Å². The number of pyridine rings is 1. The number of hydrogen-bond donors (Lipinski definition) is 2. The molecule has 1 atom stereocenters. The number of nitrogens with zero attached hydrogens (tertiary/aromatic N) is 2. The standard InChI is InChI=1S/C19H17Cl2N3O4.ClH/c20-16-5-11(6-17(21)23-16)10-28-19(27)14(22)7-12-8-24(9-18(25)26)15-4-2-1-3-13(12)15;/h1-6,8,14H,7,9-10,22H2,(H,25,26);1H/t14-;/m0./s1. The SMILES string of the molecule is Cl.N[C@@H](Cc1cn(CC(=O)O)c2ccccc12)C(=O)OCc1cc(Cl)nc(Cl)c1. The van der Waals surface area contributed by atoms with Crippen LogP contribution < -0.4 is 5.73 Å². The number of para-hydroxylation sites is 1. The number of carbonyl (C=O) groups is 2. The Morgan fingerprint density at radius 1 is 1.21 bits per heavy atom. The van der Waals surface area contributed by atoms with Crippen molar-refractivity contribution in [2.24, 2.45) is 5.73 Å². The highest BCUT2D eigenvalue weighted by molar-refractivity contribution is 6.32. The zero-order valence-electron chi connectivity index (χ0n) is 15.0. The maximum Gasteiger partial charge on any atom is 0.323 e. The molecule has 0 spiro atoms. The largest absolute Gasteiger partial charge is 0.480 e. The van der Waals surface area contributed by atoms with Crippen molar-refractivity contribution in [3.8, 4) is 0 Å². The Morgan fingerprint density at radius 2 is 1.86 bits per heavy atom. The first-order chi connectivity index (χ1) is 13.3. The average Bonchev–Trinajstić information content (AvgIpc) is 2.96. The van der Waals surface area contributed by atoms with Gasteiger partial charge in [-0.1, -0.05) is 41.4 Å². The first-order valence-electron chi connectivity index (χ1n) is 8.36. The highest BCUT2D eigenvalue weighted by atomic mass is 35.5. The summed E-state index contributed by atoms with van der Waals surface area (Å²) in [5.41, 5.74) is 8.15. The molecule has 0 fully saturated rings. The molecule has 0 aliphatic rings. The Labute approximate surface area is 182 Å². The average molecular weight is 459 g/mol. The van der Waals surface area contributed by atoms with Crippen molar-refractivity contribution in [3.05, 3.63) is 64.0 Å². The molecule has 0 radical (unpaired) electrons. The molecule has 2 aromatic heterocycles. The smallest absolute Gasteiger partial charge is 0.323 e. The lowest BCUT2D eigenvalue weighted by Crippen LogP contribution is -2.34. The van der Waals surface area contributed by atoms with Crippen molar-refractivity contribution in [1.29, 1.82) is 0 Å². The van der Waals surface area contributed by atoms with Crippen LogP contribution in [0.15, 0.2) is 42.6 Å². The van der Waals surface area contributed by atoms with Crippen LogP contribution in [0.5, 0.6) is 0 Å². The predicted octanol–water partition coefficient (Wildman–Crippen LogP) is 3.46. The molecule has 1 aromatic carbocycles. The van der Waals surface area contributed by atoms with E-state index in [4.69, 9.17) is 38.8 Å². The third-order valence-corrected chi connectivity index (χ3v) is 4.51. The molecule has 0 amide bonds. The molecule has 0 aliphatic carbocycles. The van der Waals surface area contributed by atoms with E-state index in [-0.39, 0.29) is 42.3 Å². The molecule has 3 rings (SSSR count). The van der Waals surface area contributed by atoms with E-state index in [2.05, 4.69) is 4.98 Å². The lowest BCUT2D eigenvalue weighted by molar-refractivity contribution is -0.146. The first kappa shape index (κ1) is 23.0. The van der Waals surface area contributed by atoms with Gasteiger partial charge in [0.1, 0.15) is 29.5 Å². The van der Waals surface area contributed by atoms with E-state index in [0.29, 0.717) is 5.56 Å². The van der Waals surface area contributed by atoms with E-state index in [0.717, 1.165) is 16.5 Å². The van der Waals surface area contributed by atoms with Gasteiger partial charge in [-0.2, -0.15) is 0 Å². The zero-order chi connectivity index (χ0) is 20.3. The summed E-state index contributed by atoms with van der Waals surface area (Å²) in [4.78, 5) is 27.2. The first-order valence-corrected chi connectivity index (χ1v) is 9.12. The quantitative estimate of drug-likeness (QED) is 0.415. The van der Waals surface area contributed by atoms with Crippen LogP contribution in [0.3, 0.4) is 0 Å². The number of carbonyl (C=O) groups excluding carboxylic acids is 1. The van der Waals surface area contributed by atoms with Crippen molar-refractivity contribution >= 4 is 58.5 Å². The molecule has 2 heterocycles. The molecular formula is C19H18Cl3N3O4. The molecule has 10 heteroatoms. The molecule has 0 bridgehead atoms. The van der Waals surface area contributed by atoms with Gasteiger partial charge in [0.25, 0.3) is 0 Å². The van der Waals surface area contributed by atoms with Gasteiger partial charge in [0.2, 0.25) is 0 Å². The summed E-state index contributed by atoms with van der Waals surface area (Å²) in [7, 11) is 0. The van der Waals surface area contributed by atoms with Crippen LogP contribution in [0.2, 0.25) is 10.3 Å². The number of aliphatic carboxylic acids is 1. The summed E-state index contributed by atoms with van der Waals surface area (Å²) in [6, 6.07) is 9.54. The van der Waals surface area contributed by atoms with E-state index in [1.165, 1.54) is 0 Å². The topological polar surface area (TPSA) is 107 Å². The third-order valence-electron chi connectivity index (χ3n) is 4.12. The fourth-order valence-corrected chi connectivity index (χ4v) is 3.45. The monoisotopic (exact) mass is 457 g/mol. The molecule has 3 aromatic rings. The van der Waals surface area contributed by atoms with Gasteiger partial charge < -0.3 is 20.1 Å². The normalized spacial score (nSPS) is 11.7. The number of carboxylic acids is 1. The Hall–Kier alpha value is -2.32. The van der Waals surface area contributed by atoms with Crippen LogP contribution >= 0.6 is 35.6 Å². The van der Waals surface area contributed by atoms with E-state index in [1.807, 2.05) is 24.3 Å². The Bertz CT molecular complexity index is 1020. The molecule has 0 saturated carbocycles. The summed E-state index contributed by atoms with van der Waals surface area (Å²) in [6.45, 7) is -0.209. The molecule has 0 saturated heterocycles. The lowest BCUT2D eigenvalue weighted by atomic mass is 10.1. The second-order valence-corrected chi connectivity index (χ2v) is 7.01. The number of carboxylic acid groups (broad SMARTS) is 1. The number of halogens is 3. The molecule has 0 unspecified atom stereocenters. The molecule has 0 aliphatic heterocycles. The van der Waals surface area contributed by atoms with Crippen molar-refractivity contribution in [2.75, 3.05) is 0 Å². The second kappa shape index (κ2) is 9.93. The second-order valence-electron chi connectivity index (χ2n) is 6.23. The van der Waals surface area contributed by atoms with Gasteiger partial charge in [-0.15, -0.1) is 12.4 Å². The molecule has 29 heavy (non-hydrogen) atoms. The summed E-state index contributed by atoms with van der Waals surface area (Å²) in [5.74, 6) is -1.54. The molecule has 7 nitrogen and oxygen atoms in total. The number of rotatable bonds is 7. The molecule has 3 N–H and O–H groups in total. The van der Waals surface area contributed by atoms with Gasteiger partial charge in [0, 0.05) is 23.5 Å². The van der Waals surface area contributed by atoms with Crippen LogP contribution in [0, 0.1) is 0 Å². The number of aromatic nitrogens is 2. The predicted molar refractivity (Wildman–Crippen MR) is 113 cm³/mol. The number of nitrogens with two attached hydrogens (primary N) is 1. The fraction of sp³-hybridized carbons (Fsp3) is 0.211. The van der Waals surface area contributed by atoms with Crippen molar-refractivity contribution in [2.45, 2.75) is 25.6 Å². The van der Waals surface area contributed by atoms with Gasteiger partial charge in [0.05, 0.1) is 0 Å². The van der Waals surface area contributed by atoms with Crippen LogP contribution in [-0.4, -0.2) is 32.6 Å². The van der Waals surface area contributed by atoms with Crippen LogP contribution in [0.1, 0.15) is 11.1 Å². The highest BCUT2D eigenvalue weighted by Crippen LogP contribution is 2.23. The summed E-state index contributed by atoms with van der Waals surface area (Å²) in [6.07, 6.45) is 1.91. The van der Waals surface area contributed by atoms with E-state index in [9.17, 15) is 9.59 Å². The van der Waals surface area contributed by atoms with Gasteiger partial charge in [-0.05, 0) is 29.3 Å². The van der Waals surface area contributed by atoms with Gasteiger partial charge in [-0.25, -0.2) is 4.98 Å². The molecular weight excluding hydrogens is 441 g/mol. The minimum Gasteiger partial charge on any atom is -0.480 e. The van der Waals surface area contributed by atoms with Crippen LogP contribution in [0.4, 0.5) is 0 Å². The maximum absolute atomic E-state index is 12.3. The minimum atomic E-state index is -0.953. The highest BCUT2D eigenvalue weighted by Gasteiger charge is 2.19. The fourth-order valence-electron chi connectivity index (χ4n) is 2.94. The minimum absolute atomic E-state index is 0. The number of benzene rings is 1. The Kier molecular flexibility index (Phi) is 7.87. The van der Waals surface area contributed by atoms with E-state index in [1.54, 1.807) is 22.9 Å². The van der Waals surface area contributed by atoms with E-state index < -0.39 is 18.0 Å². The summed E-state index contributed by atoms with van der Waals surface area (Å²) in [5, 5.41) is 10.3. The number of ether oxygens (including phenoxy) is 1. The summed E-state index contributed by atoms with van der Waals surface area (Å²) < 4.78 is 6.86.